The van der Waals surface area contributed by atoms with Crippen molar-refractivity contribution in [1.82, 2.24) is 19.4 Å². The van der Waals surface area contributed by atoms with Crippen LogP contribution in [-0.4, -0.2) is 20.0 Å². The lowest BCUT2D eigenvalue weighted by atomic mass is 10.2. The Hall–Kier alpha value is -3.81. The fourth-order valence-electron chi connectivity index (χ4n) is 3.06. The van der Waals surface area contributed by atoms with Crippen LogP contribution in [0.25, 0.3) is 16.9 Å². The molecule has 6 nitrogen and oxygen atoms in total. The average Bonchev–Trinajstić information content (AvgIpc) is 3.00. The van der Waals surface area contributed by atoms with Crippen molar-refractivity contribution in [2.75, 3.05) is 0 Å². The Labute approximate surface area is 164 Å². The van der Waals surface area contributed by atoms with E-state index in [4.69, 9.17) is 0 Å². The highest BCUT2D eigenvalue weighted by Crippen LogP contribution is 2.16. The number of carbonyl (C=O) groups is 1. The van der Waals surface area contributed by atoms with Crippen LogP contribution in [0.4, 0.5) is 8.78 Å². The smallest absolute Gasteiger partial charge is 0.335 e. The van der Waals surface area contributed by atoms with E-state index in [9.17, 15) is 18.4 Å². The van der Waals surface area contributed by atoms with Crippen molar-refractivity contribution in [3.8, 4) is 5.69 Å². The number of carbonyl (C=O) groups excluding carboxylic acids is 1. The summed E-state index contributed by atoms with van der Waals surface area (Å²) >= 11 is 0. The number of pyridine rings is 1. The van der Waals surface area contributed by atoms with Crippen molar-refractivity contribution in [1.29, 1.82) is 0 Å². The molecule has 0 saturated heterocycles. The van der Waals surface area contributed by atoms with Gasteiger partial charge in [0.2, 0.25) is 5.91 Å². The van der Waals surface area contributed by atoms with Gasteiger partial charge in [-0.1, -0.05) is 12.1 Å². The van der Waals surface area contributed by atoms with Gasteiger partial charge in [-0.3, -0.25) is 9.36 Å². The zero-order valence-corrected chi connectivity index (χ0v) is 15.2. The normalized spacial score (nSPS) is 11.0. The second kappa shape index (κ2) is 7.67. The van der Waals surface area contributed by atoms with Gasteiger partial charge in [0.1, 0.15) is 18.2 Å². The number of amides is 1. The third-order valence-corrected chi connectivity index (χ3v) is 4.48. The summed E-state index contributed by atoms with van der Waals surface area (Å²) < 4.78 is 28.9. The summed E-state index contributed by atoms with van der Waals surface area (Å²) in [6, 6.07) is 14.6. The van der Waals surface area contributed by atoms with E-state index in [0.29, 0.717) is 16.9 Å². The van der Waals surface area contributed by atoms with Gasteiger partial charge in [0.25, 0.3) is 0 Å². The minimum atomic E-state index is -0.456. The van der Waals surface area contributed by atoms with Gasteiger partial charge in [-0.15, -0.1) is 0 Å². The maximum atomic E-state index is 13.3. The molecule has 29 heavy (non-hydrogen) atoms. The van der Waals surface area contributed by atoms with Crippen LogP contribution < -0.4 is 11.0 Å². The topological polar surface area (TPSA) is 68.9 Å². The van der Waals surface area contributed by atoms with Crippen molar-refractivity contribution in [2.45, 2.75) is 13.1 Å². The van der Waals surface area contributed by atoms with E-state index < -0.39 is 11.5 Å². The summed E-state index contributed by atoms with van der Waals surface area (Å²) in [7, 11) is 0. The van der Waals surface area contributed by atoms with Gasteiger partial charge < -0.3 is 5.32 Å². The van der Waals surface area contributed by atoms with Crippen molar-refractivity contribution in [2.24, 2.45) is 0 Å². The van der Waals surface area contributed by atoms with Crippen LogP contribution in [0.2, 0.25) is 0 Å². The SMILES string of the molecule is O=C(Cn1c(=O)n(-c2ccc(F)cc2)c2ncccc21)NCc1ccc(F)cc1. The second-order valence-corrected chi connectivity index (χ2v) is 6.43. The van der Waals surface area contributed by atoms with Crippen LogP contribution >= 0.6 is 0 Å². The minimum absolute atomic E-state index is 0.211. The molecule has 1 amide bonds. The molecular weight excluding hydrogens is 378 g/mol. The molecule has 4 aromatic rings. The molecule has 0 fully saturated rings. The predicted octanol–water partition coefficient (Wildman–Crippen LogP) is 2.78. The lowest BCUT2D eigenvalue weighted by Crippen LogP contribution is -2.32. The van der Waals surface area contributed by atoms with Crippen LogP contribution in [0.5, 0.6) is 0 Å². The number of benzene rings is 2. The molecule has 4 rings (SSSR count). The standard InChI is InChI=1S/C21H16F2N4O2/c22-15-5-3-14(4-6-15)12-25-19(28)13-26-18-2-1-11-24-20(18)27(21(26)29)17-9-7-16(23)8-10-17/h1-11H,12-13H2,(H,25,28). The Kier molecular flexibility index (Phi) is 4.90. The Morgan fingerprint density at radius 1 is 0.966 bits per heavy atom. The number of nitrogens with zero attached hydrogens (tertiary/aromatic N) is 3. The van der Waals surface area contributed by atoms with Crippen molar-refractivity contribution >= 4 is 17.1 Å². The maximum Gasteiger partial charge on any atom is 0.335 e. The molecule has 0 aliphatic heterocycles. The van der Waals surface area contributed by atoms with Crippen LogP contribution in [0.15, 0.2) is 71.7 Å². The van der Waals surface area contributed by atoms with E-state index in [1.165, 1.54) is 45.5 Å². The number of hydrogen-bond acceptors (Lipinski definition) is 3. The minimum Gasteiger partial charge on any atom is -0.350 e. The van der Waals surface area contributed by atoms with Crippen molar-refractivity contribution in [3.63, 3.8) is 0 Å². The number of rotatable bonds is 5. The summed E-state index contributed by atoms with van der Waals surface area (Å²) in [5, 5.41) is 2.71. The zero-order chi connectivity index (χ0) is 20.4. The number of aromatic nitrogens is 3. The van der Waals surface area contributed by atoms with Crippen LogP contribution in [0.1, 0.15) is 5.56 Å². The monoisotopic (exact) mass is 394 g/mol. The highest BCUT2D eigenvalue weighted by Gasteiger charge is 2.17. The zero-order valence-electron chi connectivity index (χ0n) is 15.2. The molecular formula is C21H16F2N4O2. The molecule has 0 unspecified atom stereocenters. The van der Waals surface area contributed by atoms with E-state index in [1.807, 2.05) is 0 Å². The molecule has 0 aliphatic rings. The highest BCUT2D eigenvalue weighted by atomic mass is 19.1. The van der Waals surface area contributed by atoms with E-state index >= 15 is 0 Å². The Bertz CT molecular complexity index is 1230. The van der Waals surface area contributed by atoms with Crippen LogP contribution in [0.3, 0.4) is 0 Å². The number of halogens is 2. The second-order valence-electron chi connectivity index (χ2n) is 6.43. The Morgan fingerprint density at radius 3 is 2.31 bits per heavy atom. The summed E-state index contributed by atoms with van der Waals surface area (Å²) in [6.45, 7) is -0.000860. The van der Waals surface area contributed by atoms with Gasteiger partial charge in [0.15, 0.2) is 5.65 Å². The molecule has 0 atom stereocenters. The van der Waals surface area contributed by atoms with Gasteiger partial charge >= 0.3 is 5.69 Å². The molecule has 2 aromatic carbocycles. The summed E-state index contributed by atoms with van der Waals surface area (Å²) in [5.74, 6) is -1.15. The molecule has 0 aliphatic carbocycles. The first kappa shape index (κ1) is 18.5. The number of imidazole rings is 1. The fourth-order valence-corrected chi connectivity index (χ4v) is 3.06. The summed E-state index contributed by atoms with van der Waals surface area (Å²) in [6.07, 6.45) is 1.54. The van der Waals surface area contributed by atoms with Gasteiger partial charge in [-0.2, -0.15) is 0 Å². The molecule has 146 valence electrons. The number of fused-ring (bicyclic) bond motifs is 1. The van der Waals surface area contributed by atoms with Gasteiger partial charge in [0, 0.05) is 12.7 Å². The number of hydrogen-bond donors (Lipinski definition) is 1. The molecule has 8 heteroatoms. The van der Waals surface area contributed by atoms with E-state index in [1.54, 1.807) is 30.5 Å². The number of nitrogens with one attached hydrogen (secondary N) is 1. The summed E-state index contributed by atoms with van der Waals surface area (Å²) in [4.78, 5) is 29.7. The fraction of sp³-hybridized carbons (Fsp3) is 0.0952. The van der Waals surface area contributed by atoms with E-state index in [2.05, 4.69) is 10.3 Å². The molecule has 0 saturated carbocycles. The van der Waals surface area contributed by atoms with Gasteiger partial charge in [-0.05, 0) is 54.1 Å². The molecule has 1 N–H and O–H groups in total. The van der Waals surface area contributed by atoms with Crippen molar-refractivity contribution < 1.29 is 13.6 Å². The molecule has 2 aromatic heterocycles. The lowest BCUT2D eigenvalue weighted by Gasteiger charge is -2.06. The Balaban J connectivity index is 1.63. The maximum absolute atomic E-state index is 13.3. The third kappa shape index (κ3) is 3.77. The first-order valence-corrected chi connectivity index (χ1v) is 8.86. The molecule has 0 radical (unpaired) electrons. The molecule has 0 bridgehead atoms. The van der Waals surface area contributed by atoms with Gasteiger partial charge in [0.05, 0.1) is 11.2 Å². The molecule has 2 heterocycles. The Morgan fingerprint density at radius 2 is 1.62 bits per heavy atom. The quantitative estimate of drug-likeness (QED) is 0.566. The average molecular weight is 394 g/mol. The van der Waals surface area contributed by atoms with E-state index in [0.717, 1.165) is 5.56 Å². The van der Waals surface area contributed by atoms with E-state index in [-0.39, 0.29) is 24.8 Å². The van der Waals surface area contributed by atoms with Crippen LogP contribution in [0, 0.1) is 11.6 Å². The van der Waals surface area contributed by atoms with Gasteiger partial charge in [-0.25, -0.2) is 23.1 Å². The summed E-state index contributed by atoms with van der Waals surface area (Å²) in [5.41, 5.74) is 1.59. The van der Waals surface area contributed by atoms with Crippen molar-refractivity contribution in [3.05, 3.63) is 94.5 Å². The van der Waals surface area contributed by atoms with Crippen LogP contribution in [-0.2, 0) is 17.9 Å². The first-order chi connectivity index (χ1) is 14.0. The lowest BCUT2D eigenvalue weighted by molar-refractivity contribution is -0.121. The molecule has 0 spiro atoms. The third-order valence-electron chi connectivity index (χ3n) is 4.48. The predicted molar refractivity (Wildman–Crippen MR) is 104 cm³/mol. The highest BCUT2D eigenvalue weighted by molar-refractivity contribution is 5.80. The largest absolute Gasteiger partial charge is 0.350 e. The first-order valence-electron chi connectivity index (χ1n) is 8.86.